The van der Waals surface area contributed by atoms with Crippen LogP contribution < -0.4 is 10.4 Å². The van der Waals surface area contributed by atoms with Gasteiger partial charge in [-0.2, -0.15) is 0 Å². The molecule has 0 aliphatic carbocycles. The summed E-state index contributed by atoms with van der Waals surface area (Å²) < 4.78 is 10.7. The van der Waals surface area contributed by atoms with E-state index in [0.29, 0.717) is 22.3 Å². The third kappa shape index (κ3) is 3.64. The lowest BCUT2D eigenvalue weighted by Gasteiger charge is -2.09. The van der Waals surface area contributed by atoms with Gasteiger partial charge in [0.25, 0.3) is 0 Å². The number of hydrogen-bond acceptors (Lipinski definition) is 5. The highest BCUT2D eigenvalue weighted by Crippen LogP contribution is 2.24. The van der Waals surface area contributed by atoms with Crippen LogP contribution in [0.5, 0.6) is 5.75 Å². The zero-order valence-electron chi connectivity index (χ0n) is 14.0. The average Bonchev–Trinajstić information content (AvgIpc) is 2.63. The van der Waals surface area contributed by atoms with E-state index in [4.69, 9.17) is 14.3 Å². The molecule has 0 aliphatic heterocycles. The number of carboxylic acid groups (broad SMARTS) is 1. The zero-order chi connectivity index (χ0) is 18.7. The monoisotopic (exact) mass is 352 g/mol. The number of aryl methyl sites for hydroxylation is 1. The molecule has 0 amide bonds. The number of aliphatic carboxylic acids is 1. The van der Waals surface area contributed by atoms with Gasteiger partial charge in [-0.25, -0.2) is 4.79 Å². The van der Waals surface area contributed by atoms with Gasteiger partial charge in [-0.15, -0.1) is 0 Å². The third-order valence-corrected chi connectivity index (χ3v) is 4.05. The highest BCUT2D eigenvalue weighted by molar-refractivity contribution is 5.97. The Kier molecular flexibility index (Phi) is 4.84. The van der Waals surface area contributed by atoms with Crippen molar-refractivity contribution in [3.63, 3.8) is 0 Å². The Morgan fingerprint density at radius 1 is 1.12 bits per heavy atom. The van der Waals surface area contributed by atoms with Gasteiger partial charge in [0.15, 0.2) is 12.4 Å². The standard InChI is InChI=1S/C20H16O6/c1-12-15-8-7-14(25-11-17(21)13-5-3-2-4-6-13)9-18(15)26-20(24)16(12)10-19(22)23/h2-9H,10-11H2,1H3,(H,22,23). The van der Waals surface area contributed by atoms with Crippen molar-refractivity contribution in [2.75, 3.05) is 6.61 Å². The van der Waals surface area contributed by atoms with Gasteiger partial charge in [0, 0.05) is 17.0 Å². The lowest BCUT2D eigenvalue weighted by molar-refractivity contribution is -0.136. The van der Waals surface area contributed by atoms with Crippen molar-refractivity contribution in [3.8, 4) is 5.75 Å². The molecule has 0 saturated carbocycles. The van der Waals surface area contributed by atoms with Crippen LogP contribution in [0.3, 0.4) is 0 Å². The number of carbonyl (C=O) groups is 2. The number of ether oxygens (including phenoxy) is 1. The molecule has 0 unspecified atom stereocenters. The van der Waals surface area contributed by atoms with Crippen molar-refractivity contribution >= 4 is 22.7 Å². The maximum Gasteiger partial charge on any atom is 0.340 e. The Morgan fingerprint density at radius 3 is 2.54 bits per heavy atom. The van der Waals surface area contributed by atoms with Gasteiger partial charge in [0.2, 0.25) is 0 Å². The SMILES string of the molecule is Cc1c(CC(=O)O)c(=O)oc2cc(OCC(=O)c3ccccc3)ccc12. The Hall–Kier alpha value is -3.41. The number of benzene rings is 2. The number of hydrogen-bond donors (Lipinski definition) is 1. The lowest BCUT2D eigenvalue weighted by Crippen LogP contribution is -2.15. The summed E-state index contributed by atoms with van der Waals surface area (Å²) in [5, 5.41) is 9.54. The van der Waals surface area contributed by atoms with E-state index in [2.05, 4.69) is 0 Å². The van der Waals surface area contributed by atoms with E-state index < -0.39 is 18.0 Å². The predicted octanol–water partition coefficient (Wildman–Crippen LogP) is 2.99. The first-order chi connectivity index (χ1) is 12.5. The highest BCUT2D eigenvalue weighted by Gasteiger charge is 2.15. The number of rotatable bonds is 6. The van der Waals surface area contributed by atoms with Crippen LogP contribution in [0.2, 0.25) is 0 Å². The molecule has 3 aromatic rings. The van der Waals surface area contributed by atoms with E-state index in [1.165, 1.54) is 6.07 Å². The first-order valence-corrected chi connectivity index (χ1v) is 7.95. The molecular weight excluding hydrogens is 336 g/mol. The summed E-state index contributed by atoms with van der Waals surface area (Å²) in [6.07, 6.45) is -0.395. The number of Topliss-reactive ketones (excluding diaryl/α,β-unsaturated/α-hetero) is 1. The summed E-state index contributed by atoms with van der Waals surface area (Å²) in [4.78, 5) is 35.0. The summed E-state index contributed by atoms with van der Waals surface area (Å²) in [6, 6.07) is 13.6. The summed E-state index contributed by atoms with van der Waals surface area (Å²) in [5.74, 6) is -0.880. The minimum atomic E-state index is -1.10. The van der Waals surface area contributed by atoms with Gasteiger partial charge >= 0.3 is 11.6 Å². The minimum Gasteiger partial charge on any atom is -0.485 e. The molecule has 26 heavy (non-hydrogen) atoms. The van der Waals surface area contributed by atoms with Gasteiger partial charge in [-0.1, -0.05) is 30.3 Å². The smallest absolute Gasteiger partial charge is 0.340 e. The Morgan fingerprint density at radius 2 is 1.85 bits per heavy atom. The zero-order valence-corrected chi connectivity index (χ0v) is 14.0. The van der Waals surface area contributed by atoms with Gasteiger partial charge in [0.1, 0.15) is 11.3 Å². The van der Waals surface area contributed by atoms with Crippen molar-refractivity contribution in [1.29, 1.82) is 0 Å². The largest absolute Gasteiger partial charge is 0.485 e. The fourth-order valence-electron chi connectivity index (χ4n) is 2.68. The van der Waals surface area contributed by atoms with Crippen molar-refractivity contribution < 1.29 is 23.8 Å². The first-order valence-electron chi connectivity index (χ1n) is 7.95. The Bertz CT molecular complexity index is 1030. The van der Waals surface area contributed by atoms with E-state index in [9.17, 15) is 14.4 Å². The second-order valence-corrected chi connectivity index (χ2v) is 5.80. The minimum absolute atomic E-state index is 0.123. The van der Waals surface area contributed by atoms with Crippen molar-refractivity contribution in [2.45, 2.75) is 13.3 Å². The molecule has 2 aromatic carbocycles. The van der Waals surface area contributed by atoms with Gasteiger partial charge < -0.3 is 14.3 Å². The van der Waals surface area contributed by atoms with Crippen LogP contribution in [0.1, 0.15) is 21.5 Å². The van der Waals surface area contributed by atoms with E-state index >= 15 is 0 Å². The van der Waals surface area contributed by atoms with Crippen LogP contribution in [0.25, 0.3) is 11.0 Å². The third-order valence-electron chi connectivity index (χ3n) is 4.05. The first kappa shape index (κ1) is 17.4. The molecule has 0 radical (unpaired) electrons. The van der Waals surface area contributed by atoms with Crippen LogP contribution in [0.15, 0.2) is 57.7 Å². The van der Waals surface area contributed by atoms with E-state index in [-0.39, 0.29) is 23.5 Å². The second-order valence-electron chi connectivity index (χ2n) is 5.80. The van der Waals surface area contributed by atoms with Crippen LogP contribution >= 0.6 is 0 Å². The molecular formula is C20H16O6. The van der Waals surface area contributed by atoms with Gasteiger partial charge in [-0.05, 0) is 24.6 Å². The maximum atomic E-state index is 12.1. The summed E-state index contributed by atoms with van der Waals surface area (Å²) in [5.41, 5.74) is 0.832. The molecule has 1 N–H and O–H groups in total. The summed E-state index contributed by atoms with van der Waals surface area (Å²) in [7, 11) is 0. The molecule has 132 valence electrons. The molecule has 0 atom stereocenters. The molecule has 3 rings (SSSR count). The molecule has 0 bridgehead atoms. The quantitative estimate of drug-likeness (QED) is 0.541. The topological polar surface area (TPSA) is 93.8 Å². The fourth-order valence-corrected chi connectivity index (χ4v) is 2.68. The van der Waals surface area contributed by atoms with Gasteiger partial charge in [0.05, 0.1) is 12.0 Å². The van der Waals surface area contributed by atoms with Gasteiger partial charge in [-0.3, -0.25) is 9.59 Å². The molecule has 0 fully saturated rings. The lowest BCUT2D eigenvalue weighted by atomic mass is 10.0. The predicted molar refractivity (Wildman–Crippen MR) is 94.8 cm³/mol. The molecule has 0 spiro atoms. The number of carbonyl (C=O) groups excluding carboxylic acids is 1. The summed E-state index contributed by atoms with van der Waals surface area (Å²) in [6.45, 7) is 1.53. The molecule has 1 aromatic heterocycles. The van der Waals surface area contributed by atoms with Crippen LogP contribution in [0.4, 0.5) is 0 Å². The molecule has 6 nitrogen and oxygen atoms in total. The van der Waals surface area contributed by atoms with Crippen molar-refractivity contribution in [2.24, 2.45) is 0 Å². The van der Waals surface area contributed by atoms with Crippen molar-refractivity contribution in [1.82, 2.24) is 0 Å². The van der Waals surface area contributed by atoms with E-state index in [1.54, 1.807) is 43.3 Å². The fraction of sp³-hybridized carbons (Fsp3) is 0.150. The normalized spacial score (nSPS) is 10.7. The molecule has 6 heteroatoms. The van der Waals surface area contributed by atoms with Crippen LogP contribution in [0, 0.1) is 6.92 Å². The molecule has 1 heterocycles. The van der Waals surface area contributed by atoms with Crippen LogP contribution in [-0.2, 0) is 11.2 Å². The summed E-state index contributed by atoms with van der Waals surface area (Å²) >= 11 is 0. The second kappa shape index (κ2) is 7.23. The van der Waals surface area contributed by atoms with Crippen LogP contribution in [-0.4, -0.2) is 23.5 Å². The number of ketones is 1. The number of fused-ring (bicyclic) bond motifs is 1. The van der Waals surface area contributed by atoms with Crippen molar-refractivity contribution in [3.05, 3.63) is 75.6 Å². The maximum absolute atomic E-state index is 12.1. The average molecular weight is 352 g/mol. The Labute approximate surface area is 148 Å². The molecule has 0 aliphatic rings. The Balaban J connectivity index is 1.84. The van der Waals surface area contributed by atoms with E-state index in [0.717, 1.165) is 0 Å². The number of carboxylic acids is 1. The van der Waals surface area contributed by atoms with E-state index in [1.807, 2.05) is 6.07 Å². The molecule has 0 saturated heterocycles. The highest BCUT2D eigenvalue weighted by atomic mass is 16.5.